The van der Waals surface area contributed by atoms with Crippen LogP contribution in [0.25, 0.3) is 0 Å². The van der Waals surface area contributed by atoms with Crippen molar-refractivity contribution in [1.29, 1.82) is 0 Å². The van der Waals surface area contributed by atoms with Gasteiger partial charge in [-0.1, -0.05) is 5.10 Å². The van der Waals surface area contributed by atoms with Crippen LogP contribution in [0.2, 0.25) is 0 Å². The third kappa shape index (κ3) is 3.68. The Kier molecular flexibility index (Phi) is 4.49. The molecule has 1 aliphatic heterocycles. The highest BCUT2D eigenvalue weighted by atomic mass is 16.5. The van der Waals surface area contributed by atoms with E-state index in [2.05, 4.69) is 25.7 Å². The first kappa shape index (κ1) is 13.8. The quantitative estimate of drug-likeness (QED) is 0.670. The summed E-state index contributed by atoms with van der Waals surface area (Å²) in [5.41, 5.74) is 0. The Labute approximate surface area is 119 Å². The van der Waals surface area contributed by atoms with Crippen molar-refractivity contribution in [2.24, 2.45) is 0 Å². The standard InChI is InChI=1S/C13H23N5O2/c1-19-7-5-14-8-12-16-17-13(20-12)15-10-4-6-18(9-10)11-2-3-11/h10-11,14H,2-9H2,1H3,(H,15,17). The lowest BCUT2D eigenvalue weighted by molar-refractivity contribution is 0.198. The van der Waals surface area contributed by atoms with Crippen molar-refractivity contribution in [3.05, 3.63) is 5.89 Å². The zero-order chi connectivity index (χ0) is 13.8. The average Bonchev–Trinajstić information content (AvgIpc) is 3.04. The highest BCUT2D eigenvalue weighted by molar-refractivity contribution is 5.21. The first-order valence-corrected chi connectivity index (χ1v) is 7.38. The van der Waals surface area contributed by atoms with Crippen LogP contribution in [0.5, 0.6) is 0 Å². The van der Waals surface area contributed by atoms with Gasteiger partial charge in [0.1, 0.15) is 0 Å². The number of nitrogens with zero attached hydrogens (tertiary/aromatic N) is 3. The molecule has 1 atom stereocenters. The fourth-order valence-corrected chi connectivity index (χ4v) is 2.60. The van der Waals surface area contributed by atoms with Gasteiger partial charge >= 0.3 is 6.01 Å². The first-order valence-electron chi connectivity index (χ1n) is 7.38. The van der Waals surface area contributed by atoms with Crippen LogP contribution in [0.4, 0.5) is 6.01 Å². The number of likely N-dealkylation sites (tertiary alicyclic amines) is 1. The summed E-state index contributed by atoms with van der Waals surface area (Å²) < 4.78 is 10.5. The Balaban J connectivity index is 1.40. The first-order chi connectivity index (χ1) is 9.85. The van der Waals surface area contributed by atoms with Gasteiger partial charge in [-0.05, 0) is 19.3 Å². The molecule has 1 aliphatic carbocycles. The summed E-state index contributed by atoms with van der Waals surface area (Å²) >= 11 is 0. The van der Waals surface area contributed by atoms with Gasteiger partial charge in [0.25, 0.3) is 0 Å². The van der Waals surface area contributed by atoms with Crippen LogP contribution < -0.4 is 10.6 Å². The monoisotopic (exact) mass is 281 g/mol. The summed E-state index contributed by atoms with van der Waals surface area (Å²) in [4.78, 5) is 2.56. The molecule has 1 unspecified atom stereocenters. The SMILES string of the molecule is COCCNCc1nnc(NC2CCN(C3CC3)C2)o1. The number of hydrogen-bond donors (Lipinski definition) is 2. The van der Waals surface area contributed by atoms with Crippen molar-refractivity contribution in [3.63, 3.8) is 0 Å². The van der Waals surface area contributed by atoms with Gasteiger partial charge in [0.2, 0.25) is 5.89 Å². The molecule has 7 nitrogen and oxygen atoms in total. The topological polar surface area (TPSA) is 75.5 Å². The summed E-state index contributed by atoms with van der Waals surface area (Å²) in [5, 5.41) is 14.6. The molecule has 0 bridgehead atoms. The normalized spacial score (nSPS) is 23.4. The molecular formula is C13H23N5O2. The molecular weight excluding hydrogens is 258 g/mol. The van der Waals surface area contributed by atoms with Crippen molar-refractivity contribution < 1.29 is 9.15 Å². The van der Waals surface area contributed by atoms with E-state index in [9.17, 15) is 0 Å². The van der Waals surface area contributed by atoms with Gasteiger partial charge in [0.15, 0.2) is 0 Å². The van der Waals surface area contributed by atoms with E-state index in [4.69, 9.17) is 9.15 Å². The molecule has 2 heterocycles. The zero-order valence-electron chi connectivity index (χ0n) is 12.0. The van der Waals surface area contributed by atoms with E-state index in [0.29, 0.717) is 31.1 Å². The number of nitrogens with one attached hydrogen (secondary N) is 2. The van der Waals surface area contributed by atoms with Crippen LogP contribution in [-0.2, 0) is 11.3 Å². The van der Waals surface area contributed by atoms with Crippen LogP contribution in [0.15, 0.2) is 4.42 Å². The van der Waals surface area contributed by atoms with E-state index >= 15 is 0 Å². The summed E-state index contributed by atoms with van der Waals surface area (Å²) in [6, 6.07) is 1.81. The highest BCUT2D eigenvalue weighted by Gasteiger charge is 2.34. The Bertz CT molecular complexity index is 421. The van der Waals surface area contributed by atoms with Crippen molar-refractivity contribution in [2.45, 2.75) is 37.9 Å². The second-order valence-electron chi connectivity index (χ2n) is 5.53. The van der Waals surface area contributed by atoms with Gasteiger partial charge < -0.3 is 19.8 Å². The fraction of sp³-hybridized carbons (Fsp3) is 0.846. The second-order valence-corrected chi connectivity index (χ2v) is 5.53. The van der Waals surface area contributed by atoms with Gasteiger partial charge in [-0.25, -0.2) is 0 Å². The summed E-state index contributed by atoms with van der Waals surface area (Å²) in [7, 11) is 1.68. The Hall–Kier alpha value is -1.18. The van der Waals surface area contributed by atoms with Crippen LogP contribution in [-0.4, -0.2) is 60.5 Å². The van der Waals surface area contributed by atoms with Crippen molar-refractivity contribution in [3.8, 4) is 0 Å². The highest BCUT2D eigenvalue weighted by Crippen LogP contribution is 2.30. The van der Waals surface area contributed by atoms with Gasteiger partial charge in [-0.2, -0.15) is 0 Å². The molecule has 1 saturated carbocycles. The minimum absolute atomic E-state index is 0.436. The van der Waals surface area contributed by atoms with Gasteiger partial charge in [-0.3, -0.25) is 4.90 Å². The molecule has 0 amide bonds. The smallest absolute Gasteiger partial charge is 0.315 e. The molecule has 20 heavy (non-hydrogen) atoms. The van der Waals surface area contributed by atoms with Gasteiger partial charge in [-0.15, -0.1) is 5.10 Å². The molecule has 1 aromatic heterocycles. The lowest BCUT2D eigenvalue weighted by Crippen LogP contribution is -2.27. The molecule has 2 fully saturated rings. The minimum Gasteiger partial charge on any atom is -0.407 e. The van der Waals surface area contributed by atoms with Crippen LogP contribution in [0, 0.1) is 0 Å². The summed E-state index contributed by atoms with van der Waals surface area (Å²) in [5.74, 6) is 0.612. The second kappa shape index (κ2) is 6.51. The van der Waals surface area contributed by atoms with Crippen LogP contribution in [0.1, 0.15) is 25.2 Å². The third-order valence-electron chi connectivity index (χ3n) is 3.84. The van der Waals surface area contributed by atoms with E-state index in [0.717, 1.165) is 25.6 Å². The lowest BCUT2D eigenvalue weighted by atomic mass is 10.3. The van der Waals surface area contributed by atoms with E-state index in [1.807, 2.05) is 0 Å². The molecule has 112 valence electrons. The predicted molar refractivity (Wildman–Crippen MR) is 74.5 cm³/mol. The minimum atomic E-state index is 0.436. The Morgan fingerprint density at radius 3 is 3.05 bits per heavy atom. The number of methoxy groups -OCH3 is 1. The average molecular weight is 281 g/mol. The van der Waals surface area contributed by atoms with E-state index in [1.165, 1.54) is 19.4 Å². The Morgan fingerprint density at radius 2 is 2.25 bits per heavy atom. The lowest BCUT2D eigenvalue weighted by Gasteiger charge is -2.14. The molecule has 2 N–H and O–H groups in total. The van der Waals surface area contributed by atoms with Crippen molar-refractivity contribution >= 4 is 6.01 Å². The van der Waals surface area contributed by atoms with Crippen LogP contribution in [0.3, 0.4) is 0 Å². The van der Waals surface area contributed by atoms with Gasteiger partial charge in [0.05, 0.1) is 13.2 Å². The molecule has 2 aliphatic rings. The van der Waals surface area contributed by atoms with E-state index < -0.39 is 0 Å². The molecule has 3 rings (SSSR count). The largest absolute Gasteiger partial charge is 0.407 e. The van der Waals surface area contributed by atoms with Crippen molar-refractivity contribution in [2.75, 3.05) is 38.7 Å². The Morgan fingerprint density at radius 1 is 1.35 bits per heavy atom. The number of ether oxygens (including phenoxy) is 1. The van der Waals surface area contributed by atoms with E-state index in [-0.39, 0.29) is 0 Å². The summed E-state index contributed by atoms with van der Waals surface area (Å²) in [6.07, 6.45) is 3.88. The zero-order valence-corrected chi connectivity index (χ0v) is 12.0. The van der Waals surface area contributed by atoms with E-state index in [1.54, 1.807) is 7.11 Å². The maximum absolute atomic E-state index is 5.58. The van der Waals surface area contributed by atoms with Gasteiger partial charge in [0, 0.05) is 38.8 Å². The maximum atomic E-state index is 5.58. The summed E-state index contributed by atoms with van der Waals surface area (Å²) in [6.45, 7) is 4.31. The molecule has 1 aromatic rings. The molecule has 0 radical (unpaired) electrons. The molecule has 0 aromatic carbocycles. The predicted octanol–water partition coefficient (Wildman–Crippen LogP) is 0.454. The third-order valence-corrected chi connectivity index (χ3v) is 3.84. The fourth-order valence-electron chi connectivity index (χ4n) is 2.60. The molecule has 0 spiro atoms. The molecule has 7 heteroatoms. The number of rotatable bonds is 8. The number of hydrogen-bond acceptors (Lipinski definition) is 7. The molecule has 1 saturated heterocycles. The van der Waals surface area contributed by atoms with Crippen molar-refractivity contribution in [1.82, 2.24) is 20.4 Å². The van der Waals surface area contributed by atoms with Crippen LogP contribution >= 0.6 is 0 Å². The maximum Gasteiger partial charge on any atom is 0.315 e. The number of aromatic nitrogens is 2. The number of anilines is 1.